The van der Waals surface area contributed by atoms with Crippen molar-refractivity contribution in [2.45, 2.75) is 48.8 Å². The van der Waals surface area contributed by atoms with Crippen molar-refractivity contribution < 1.29 is 54.5 Å². The molecule has 16 heteroatoms. The summed E-state index contributed by atoms with van der Waals surface area (Å²) in [5.74, 6) is -20.7. The lowest BCUT2D eigenvalue weighted by Gasteiger charge is -2.33. The number of nitrogens with zero attached hydrogens (tertiary/aromatic N) is 1. The third-order valence-electron chi connectivity index (χ3n) is 4.15. The fourth-order valence-corrected chi connectivity index (χ4v) is 2.52. The summed E-state index contributed by atoms with van der Waals surface area (Å²) < 4.78 is 123. The number of aliphatic hydroxyl groups is 2. The second-order valence-electron chi connectivity index (χ2n) is 6.05. The molecule has 0 aliphatic carbocycles. The molecule has 0 radical (unpaired) electrons. The van der Waals surface area contributed by atoms with Gasteiger partial charge in [-0.2, -0.15) is 39.5 Å². The highest BCUT2D eigenvalue weighted by Crippen LogP contribution is 2.56. The molecular formula is C13H11F9N2O5. The number of nitrogens with one attached hydrogen (secondary N) is 1. The summed E-state index contributed by atoms with van der Waals surface area (Å²) in [5.41, 5.74) is -6.49. The van der Waals surface area contributed by atoms with Gasteiger partial charge in [0, 0.05) is 12.6 Å². The Morgan fingerprint density at radius 1 is 1.07 bits per heavy atom. The second kappa shape index (κ2) is 7.02. The van der Waals surface area contributed by atoms with Gasteiger partial charge >= 0.3 is 29.6 Å². The van der Waals surface area contributed by atoms with Crippen molar-refractivity contribution in [1.29, 1.82) is 0 Å². The van der Waals surface area contributed by atoms with Crippen molar-refractivity contribution in [1.82, 2.24) is 9.55 Å². The zero-order valence-corrected chi connectivity index (χ0v) is 13.7. The van der Waals surface area contributed by atoms with E-state index in [9.17, 15) is 54.2 Å². The number of alkyl halides is 9. The first-order valence-corrected chi connectivity index (χ1v) is 7.49. The molecular weight excluding hydrogens is 435 g/mol. The Bertz CT molecular complexity index is 879. The monoisotopic (exact) mass is 446 g/mol. The fourth-order valence-electron chi connectivity index (χ4n) is 2.52. The van der Waals surface area contributed by atoms with Gasteiger partial charge in [-0.1, -0.05) is 0 Å². The Labute approximate surface area is 153 Å². The Kier molecular flexibility index (Phi) is 5.61. The number of rotatable bonds is 5. The van der Waals surface area contributed by atoms with Gasteiger partial charge in [-0.25, -0.2) is 4.79 Å². The lowest BCUT2D eigenvalue weighted by atomic mass is 9.98. The summed E-state index contributed by atoms with van der Waals surface area (Å²) in [4.78, 5) is 24.3. The zero-order chi connectivity index (χ0) is 22.6. The molecule has 1 aliphatic rings. The number of aliphatic hydroxyl groups excluding tert-OH is 2. The van der Waals surface area contributed by atoms with Gasteiger partial charge in [0.05, 0.1) is 12.7 Å². The minimum atomic E-state index is -7.24. The van der Waals surface area contributed by atoms with Gasteiger partial charge in [0.2, 0.25) is 0 Å². The number of ether oxygens (including phenoxy) is 1. The van der Waals surface area contributed by atoms with Crippen LogP contribution in [0.15, 0.2) is 15.8 Å². The minimum absolute atomic E-state index is 0.00860. The summed E-state index contributed by atoms with van der Waals surface area (Å²) in [5, 5.41) is 18.5. The van der Waals surface area contributed by atoms with Crippen LogP contribution in [-0.4, -0.2) is 56.6 Å². The lowest BCUT2D eigenvalue weighted by molar-refractivity contribution is -0.399. The molecule has 29 heavy (non-hydrogen) atoms. The summed E-state index contributed by atoms with van der Waals surface area (Å²) in [6.07, 6.45) is -12.6. The maximum Gasteiger partial charge on any atom is 0.460 e. The molecule has 0 spiro atoms. The van der Waals surface area contributed by atoms with E-state index >= 15 is 0 Å². The first-order valence-electron chi connectivity index (χ1n) is 7.49. The van der Waals surface area contributed by atoms with Crippen LogP contribution in [0.2, 0.25) is 0 Å². The molecule has 1 aromatic rings. The predicted octanol–water partition coefficient (Wildman–Crippen LogP) is 1.10. The van der Waals surface area contributed by atoms with Gasteiger partial charge in [-0.3, -0.25) is 14.3 Å². The van der Waals surface area contributed by atoms with Crippen molar-refractivity contribution in [3.63, 3.8) is 0 Å². The van der Waals surface area contributed by atoms with Gasteiger partial charge in [0.25, 0.3) is 5.56 Å². The highest BCUT2D eigenvalue weighted by atomic mass is 19.4. The standard InChI is InChI=1S/C13H11F9N2O5/c14-10(15,11(16,17)12(18,19)13(20,21)22)4-2-24(9(28)23-8(4)27)7-1-5(26)6(3-25)29-7/h2,5-7,25-26H,1,3H2,(H,23,27,28). The average molecular weight is 446 g/mol. The topological polar surface area (TPSA) is 105 Å². The molecule has 3 N–H and O–H groups in total. The van der Waals surface area contributed by atoms with Crippen molar-refractivity contribution in [3.05, 3.63) is 32.6 Å². The van der Waals surface area contributed by atoms with Crippen LogP contribution in [-0.2, 0) is 10.7 Å². The molecule has 1 fully saturated rings. The van der Waals surface area contributed by atoms with Crippen LogP contribution in [0, 0.1) is 0 Å². The quantitative estimate of drug-likeness (QED) is 0.588. The Hall–Kier alpha value is -2.07. The normalized spacial score (nSPS) is 24.2. The van der Waals surface area contributed by atoms with Gasteiger partial charge in [0.15, 0.2) is 0 Å². The van der Waals surface area contributed by atoms with Crippen LogP contribution in [0.3, 0.4) is 0 Å². The van der Waals surface area contributed by atoms with E-state index in [1.54, 1.807) is 0 Å². The Morgan fingerprint density at radius 2 is 1.62 bits per heavy atom. The predicted molar refractivity (Wildman–Crippen MR) is 72.8 cm³/mol. The number of hydrogen-bond acceptors (Lipinski definition) is 5. The number of halogens is 9. The zero-order valence-electron chi connectivity index (χ0n) is 13.7. The van der Waals surface area contributed by atoms with Gasteiger partial charge in [-0.05, 0) is 0 Å². The van der Waals surface area contributed by atoms with Crippen molar-refractivity contribution in [3.8, 4) is 0 Å². The highest BCUT2D eigenvalue weighted by molar-refractivity contribution is 5.19. The third kappa shape index (κ3) is 3.52. The van der Waals surface area contributed by atoms with Crippen LogP contribution < -0.4 is 11.2 Å². The molecule has 3 atom stereocenters. The van der Waals surface area contributed by atoms with E-state index < -0.39 is 72.2 Å². The van der Waals surface area contributed by atoms with Crippen LogP contribution >= 0.6 is 0 Å². The van der Waals surface area contributed by atoms with Crippen molar-refractivity contribution >= 4 is 0 Å². The molecule has 1 aliphatic heterocycles. The van der Waals surface area contributed by atoms with E-state index in [0.29, 0.717) is 0 Å². The minimum Gasteiger partial charge on any atom is -0.394 e. The maximum atomic E-state index is 14.0. The van der Waals surface area contributed by atoms with E-state index in [1.165, 1.54) is 0 Å². The summed E-state index contributed by atoms with van der Waals surface area (Å²) in [6.45, 7) is -0.825. The van der Waals surface area contributed by atoms with E-state index in [0.717, 1.165) is 4.98 Å². The number of H-pyrrole nitrogens is 1. The Morgan fingerprint density at radius 3 is 2.07 bits per heavy atom. The average Bonchev–Trinajstić information content (AvgIpc) is 2.93. The van der Waals surface area contributed by atoms with E-state index in [-0.39, 0.29) is 10.8 Å². The number of hydrogen-bond donors (Lipinski definition) is 3. The maximum absolute atomic E-state index is 14.0. The van der Waals surface area contributed by atoms with Gasteiger partial charge in [-0.15, -0.1) is 0 Å². The third-order valence-corrected chi connectivity index (χ3v) is 4.15. The summed E-state index contributed by atoms with van der Waals surface area (Å²) in [6, 6.07) is 0. The first kappa shape index (κ1) is 23.2. The molecule has 0 saturated carbocycles. The SMILES string of the molecule is O=c1[nH]c(=O)n(C2CC(O)C(CO)O2)cc1C(F)(F)C(F)(F)C(F)(F)C(F)(F)F. The molecule has 0 bridgehead atoms. The lowest BCUT2D eigenvalue weighted by Crippen LogP contribution is -2.60. The Balaban J connectivity index is 2.60. The summed E-state index contributed by atoms with van der Waals surface area (Å²) in [7, 11) is 0. The van der Waals surface area contributed by atoms with Gasteiger partial charge in [0.1, 0.15) is 17.9 Å². The van der Waals surface area contributed by atoms with E-state index in [1.807, 2.05) is 0 Å². The molecule has 1 saturated heterocycles. The molecule has 166 valence electrons. The van der Waals surface area contributed by atoms with Crippen LogP contribution in [0.4, 0.5) is 39.5 Å². The molecule has 1 aromatic heterocycles. The van der Waals surface area contributed by atoms with E-state index in [4.69, 9.17) is 9.84 Å². The largest absolute Gasteiger partial charge is 0.460 e. The molecule has 7 nitrogen and oxygen atoms in total. The van der Waals surface area contributed by atoms with Crippen LogP contribution in [0.1, 0.15) is 18.2 Å². The van der Waals surface area contributed by atoms with Crippen LogP contribution in [0.5, 0.6) is 0 Å². The summed E-state index contributed by atoms with van der Waals surface area (Å²) >= 11 is 0. The van der Waals surface area contributed by atoms with Crippen molar-refractivity contribution in [2.75, 3.05) is 6.61 Å². The first-order chi connectivity index (χ1) is 13.0. The number of aromatic amines is 1. The highest BCUT2D eigenvalue weighted by Gasteiger charge is 2.82. The number of aromatic nitrogens is 2. The second-order valence-corrected chi connectivity index (χ2v) is 6.05. The molecule has 0 aromatic carbocycles. The molecule has 2 heterocycles. The van der Waals surface area contributed by atoms with Gasteiger partial charge < -0.3 is 14.9 Å². The van der Waals surface area contributed by atoms with E-state index in [2.05, 4.69) is 0 Å². The smallest absolute Gasteiger partial charge is 0.394 e. The molecule has 2 rings (SSSR count). The molecule has 3 unspecified atom stereocenters. The van der Waals surface area contributed by atoms with Crippen molar-refractivity contribution in [2.24, 2.45) is 0 Å². The fraction of sp³-hybridized carbons (Fsp3) is 0.692. The van der Waals surface area contributed by atoms with Crippen LogP contribution in [0.25, 0.3) is 0 Å². The molecule has 0 amide bonds.